The second-order valence-electron chi connectivity index (χ2n) is 6.72. The lowest BCUT2D eigenvalue weighted by Crippen LogP contribution is -2.48. The summed E-state index contributed by atoms with van der Waals surface area (Å²) in [6.07, 6.45) is 2.05. The molecule has 0 bridgehead atoms. The van der Waals surface area contributed by atoms with Crippen molar-refractivity contribution in [2.45, 2.75) is 31.8 Å². The van der Waals surface area contributed by atoms with Crippen LogP contribution in [-0.2, 0) is 11.3 Å². The molecule has 0 aromatic heterocycles. The Bertz CT molecular complexity index is 570. The summed E-state index contributed by atoms with van der Waals surface area (Å²) in [6.45, 7) is 2.69. The van der Waals surface area contributed by atoms with Crippen LogP contribution in [0.3, 0.4) is 0 Å². The minimum Gasteiger partial charge on any atom is -0.396 e. The van der Waals surface area contributed by atoms with Crippen molar-refractivity contribution in [1.82, 2.24) is 15.1 Å². The van der Waals surface area contributed by atoms with Gasteiger partial charge in [-0.1, -0.05) is 30.3 Å². The Morgan fingerprint density at radius 3 is 2.58 bits per heavy atom. The normalized spacial score (nSPS) is 22.0. The van der Waals surface area contributed by atoms with Gasteiger partial charge in [0.15, 0.2) is 0 Å². The van der Waals surface area contributed by atoms with Crippen molar-refractivity contribution in [1.29, 1.82) is 0 Å². The van der Waals surface area contributed by atoms with Crippen molar-refractivity contribution in [3.63, 3.8) is 0 Å². The number of nitrogens with one attached hydrogen (secondary N) is 1. The van der Waals surface area contributed by atoms with E-state index in [2.05, 4.69) is 5.32 Å². The molecule has 2 saturated heterocycles. The first-order chi connectivity index (χ1) is 11.7. The number of carbonyl (C=O) groups is 2. The maximum absolute atomic E-state index is 12.3. The fraction of sp³-hybridized carbons (Fsp3) is 0.556. The van der Waals surface area contributed by atoms with Crippen molar-refractivity contribution in [2.75, 3.05) is 26.2 Å². The van der Waals surface area contributed by atoms with Gasteiger partial charge in [-0.2, -0.15) is 0 Å². The van der Waals surface area contributed by atoms with Crippen LogP contribution in [0.1, 0.15) is 24.8 Å². The van der Waals surface area contributed by atoms with Crippen LogP contribution in [0.2, 0.25) is 0 Å². The zero-order valence-corrected chi connectivity index (χ0v) is 13.9. The molecule has 2 heterocycles. The minimum atomic E-state index is -0.121. The van der Waals surface area contributed by atoms with Crippen LogP contribution in [-0.4, -0.2) is 59.1 Å². The van der Waals surface area contributed by atoms with E-state index in [9.17, 15) is 9.59 Å². The molecular weight excluding hydrogens is 306 g/mol. The molecule has 1 aromatic rings. The second kappa shape index (κ2) is 7.66. The number of hydrogen-bond donors (Lipinski definition) is 2. The molecule has 2 fully saturated rings. The van der Waals surface area contributed by atoms with Gasteiger partial charge in [0, 0.05) is 39.2 Å². The van der Waals surface area contributed by atoms with Crippen LogP contribution in [0.25, 0.3) is 0 Å². The van der Waals surface area contributed by atoms with Gasteiger partial charge in [0.05, 0.1) is 6.04 Å². The molecule has 1 aromatic carbocycles. The van der Waals surface area contributed by atoms with E-state index in [1.807, 2.05) is 30.3 Å². The maximum Gasteiger partial charge on any atom is 0.317 e. The summed E-state index contributed by atoms with van der Waals surface area (Å²) < 4.78 is 0. The summed E-state index contributed by atoms with van der Waals surface area (Å²) in [6, 6.07) is 9.68. The molecule has 0 saturated carbocycles. The fourth-order valence-corrected chi connectivity index (χ4v) is 3.41. The van der Waals surface area contributed by atoms with E-state index in [4.69, 9.17) is 5.11 Å². The van der Waals surface area contributed by atoms with E-state index in [0.717, 1.165) is 18.4 Å². The molecule has 1 unspecified atom stereocenters. The van der Waals surface area contributed by atoms with Gasteiger partial charge < -0.3 is 20.2 Å². The van der Waals surface area contributed by atoms with Crippen LogP contribution in [0, 0.1) is 5.92 Å². The predicted molar refractivity (Wildman–Crippen MR) is 90.2 cm³/mol. The topological polar surface area (TPSA) is 72.9 Å². The number of carbonyl (C=O) groups excluding carboxylic acids is 2. The lowest BCUT2D eigenvalue weighted by molar-refractivity contribution is -0.128. The number of benzene rings is 1. The molecule has 6 nitrogen and oxygen atoms in total. The Balaban J connectivity index is 1.48. The molecule has 2 aliphatic heterocycles. The molecule has 6 heteroatoms. The van der Waals surface area contributed by atoms with E-state index in [1.165, 1.54) is 0 Å². The average Bonchev–Trinajstić information content (AvgIpc) is 2.95. The van der Waals surface area contributed by atoms with Crippen LogP contribution < -0.4 is 5.32 Å². The highest BCUT2D eigenvalue weighted by Gasteiger charge is 2.32. The SMILES string of the molecule is O=C1CC(NC(=O)N2CCC(CO)CC2)CN1Cc1ccccc1. The van der Waals surface area contributed by atoms with E-state index < -0.39 is 0 Å². The third kappa shape index (κ3) is 4.06. The Morgan fingerprint density at radius 1 is 1.21 bits per heavy atom. The molecule has 2 aliphatic rings. The van der Waals surface area contributed by atoms with Gasteiger partial charge in [-0.3, -0.25) is 4.79 Å². The minimum absolute atomic E-state index is 0.0862. The number of urea groups is 1. The molecule has 1 atom stereocenters. The number of piperidine rings is 1. The lowest BCUT2D eigenvalue weighted by Gasteiger charge is -2.32. The van der Waals surface area contributed by atoms with Crippen molar-refractivity contribution in [2.24, 2.45) is 5.92 Å². The number of rotatable bonds is 4. The van der Waals surface area contributed by atoms with Gasteiger partial charge >= 0.3 is 6.03 Å². The largest absolute Gasteiger partial charge is 0.396 e. The lowest BCUT2D eigenvalue weighted by atomic mass is 9.98. The maximum atomic E-state index is 12.3. The van der Waals surface area contributed by atoms with Gasteiger partial charge in [-0.05, 0) is 24.3 Å². The second-order valence-corrected chi connectivity index (χ2v) is 6.72. The van der Waals surface area contributed by atoms with E-state index >= 15 is 0 Å². The van der Waals surface area contributed by atoms with Crippen LogP contribution in [0.15, 0.2) is 30.3 Å². The highest BCUT2D eigenvalue weighted by molar-refractivity contribution is 5.81. The highest BCUT2D eigenvalue weighted by Crippen LogP contribution is 2.18. The fourth-order valence-electron chi connectivity index (χ4n) is 3.41. The van der Waals surface area contributed by atoms with Gasteiger partial charge in [0.25, 0.3) is 0 Å². The van der Waals surface area contributed by atoms with Gasteiger partial charge in [-0.25, -0.2) is 4.79 Å². The number of nitrogens with zero attached hydrogens (tertiary/aromatic N) is 2. The summed E-state index contributed by atoms with van der Waals surface area (Å²) in [5.74, 6) is 0.395. The summed E-state index contributed by atoms with van der Waals surface area (Å²) in [4.78, 5) is 28.1. The number of likely N-dealkylation sites (tertiary alicyclic amines) is 2. The van der Waals surface area contributed by atoms with Crippen molar-refractivity contribution >= 4 is 11.9 Å². The molecule has 0 radical (unpaired) electrons. The molecule has 0 spiro atoms. The monoisotopic (exact) mass is 331 g/mol. The Kier molecular flexibility index (Phi) is 5.35. The summed E-state index contributed by atoms with van der Waals surface area (Å²) >= 11 is 0. The molecule has 130 valence electrons. The third-order valence-corrected chi connectivity index (χ3v) is 4.92. The molecule has 2 N–H and O–H groups in total. The Morgan fingerprint density at radius 2 is 1.92 bits per heavy atom. The predicted octanol–water partition coefficient (Wildman–Crippen LogP) is 1.20. The highest BCUT2D eigenvalue weighted by atomic mass is 16.3. The van der Waals surface area contributed by atoms with Crippen LogP contribution >= 0.6 is 0 Å². The van der Waals surface area contributed by atoms with Gasteiger partial charge in [0.2, 0.25) is 5.91 Å². The van der Waals surface area contributed by atoms with Gasteiger partial charge in [-0.15, -0.1) is 0 Å². The van der Waals surface area contributed by atoms with Crippen LogP contribution in [0.4, 0.5) is 4.79 Å². The molecule has 3 amide bonds. The van der Waals surface area contributed by atoms with Crippen molar-refractivity contribution in [3.8, 4) is 0 Å². The van der Waals surface area contributed by atoms with E-state index in [0.29, 0.717) is 38.5 Å². The summed E-state index contributed by atoms with van der Waals surface area (Å²) in [5.41, 5.74) is 1.10. The van der Waals surface area contributed by atoms with Gasteiger partial charge in [0.1, 0.15) is 0 Å². The molecule has 3 rings (SSSR count). The number of aliphatic hydroxyl groups excluding tert-OH is 1. The first-order valence-electron chi connectivity index (χ1n) is 8.63. The molecule has 24 heavy (non-hydrogen) atoms. The summed E-state index contributed by atoms with van der Waals surface area (Å²) in [7, 11) is 0. The first-order valence-corrected chi connectivity index (χ1v) is 8.63. The number of hydrogen-bond acceptors (Lipinski definition) is 3. The zero-order chi connectivity index (χ0) is 16.9. The molecule has 0 aliphatic carbocycles. The van der Waals surface area contributed by atoms with E-state index in [1.54, 1.807) is 9.80 Å². The zero-order valence-electron chi connectivity index (χ0n) is 13.9. The Hall–Kier alpha value is -2.08. The Labute approximate surface area is 142 Å². The first kappa shape index (κ1) is 16.8. The smallest absolute Gasteiger partial charge is 0.317 e. The quantitative estimate of drug-likeness (QED) is 0.871. The summed E-state index contributed by atoms with van der Waals surface area (Å²) in [5, 5.41) is 12.2. The third-order valence-electron chi connectivity index (χ3n) is 4.92. The number of amides is 3. The van der Waals surface area contributed by atoms with Crippen molar-refractivity contribution < 1.29 is 14.7 Å². The van der Waals surface area contributed by atoms with Crippen LogP contribution in [0.5, 0.6) is 0 Å². The standard InChI is InChI=1S/C18H25N3O3/c22-13-15-6-8-20(9-7-15)18(24)19-16-10-17(23)21(12-16)11-14-4-2-1-3-5-14/h1-5,15-16,22H,6-13H2,(H,19,24). The average molecular weight is 331 g/mol. The molecular formula is C18H25N3O3. The number of aliphatic hydroxyl groups is 1. The van der Waals surface area contributed by atoms with E-state index in [-0.39, 0.29) is 24.6 Å². The van der Waals surface area contributed by atoms with Crippen molar-refractivity contribution in [3.05, 3.63) is 35.9 Å².